The molecule has 0 aromatic heterocycles. The van der Waals surface area contributed by atoms with Crippen LogP contribution in [-0.4, -0.2) is 24.4 Å². The molecule has 2 N–H and O–H groups in total. The maximum absolute atomic E-state index is 13.6. The Morgan fingerprint density at radius 2 is 1.85 bits per heavy atom. The number of fused-ring (bicyclic) bond motifs is 1. The quantitative estimate of drug-likeness (QED) is 0.716. The molecule has 0 bridgehead atoms. The van der Waals surface area contributed by atoms with Crippen LogP contribution >= 0.6 is 23.4 Å². The number of anilines is 1. The van der Waals surface area contributed by atoms with Crippen LogP contribution in [0.1, 0.15) is 0 Å². The first-order valence-corrected chi connectivity index (χ1v) is 8.81. The van der Waals surface area contributed by atoms with Gasteiger partial charge >= 0.3 is 18.1 Å². The van der Waals surface area contributed by atoms with E-state index in [0.29, 0.717) is 10.6 Å². The van der Waals surface area contributed by atoms with Crippen molar-refractivity contribution in [1.82, 2.24) is 5.32 Å². The van der Waals surface area contributed by atoms with E-state index in [9.17, 15) is 18.0 Å². The molecule has 2 aromatic carbocycles. The summed E-state index contributed by atoms with van der Waals surface area (Å²) in [5.41, 5.74) is 0.355. The summed E-state index contributed by atoms with van der Waals surface area (Å²) in [5, 5.41) is 4.26. The summed E-state index contributed by atoms with van der Waals surface area (Å²) >= 11 is 7.09. The number of amides is 2. The Bertz CT molecular complexity index is 850. The number of hydrogen-bond acceptors (Lipinski definition) is 4. The molecule has 0 aliphatic carbocycles. The molecule has 3 rings (SSSR count). The highest BCUT2D eigenvalue weighted by Crippen LogP contribution is 2.46. The Morgan fingerprint density at radius 1 is 1.15 bits per heavy atom. The molecule has 0 fully saturated rings. The van der Waals surface area contributed by atoms with Crippen molar-refractivity contribution in [3.63, 3.8) is 0 Å². The van der Waals surface area contributed by atoms with Gasteiger partial charge in [-0.15, -0.1) is 11.8 Å². The van der Waals surface area contributed by atoms with E-state index < -0.39 is 18.1 Å². The van der Waals surface area contributed by atoms with E-state index in [1.54, 1.807) is 35.8 Å². The van der Waals surface area contributed by atoms with Crippen molar-refractivity contribution >= 4 is 35.1 Å². The monoisotopic (exact) mass is 404 g/mol. The summed E-state index contributed by atoms with van der Waals surface area (Å²) in [4.78, 5) is 12.9. The third-order valence-electron chi connectivity index (χ3n) is 3.42. The van der Waals surface area contributed by atoms with Crippen LogP contribution in [0.5, 0.6) is 11.5 Å². The van der Waals surface area contributed by atoms with E-state index in [0.717, 1.165) is 0 Å². The highest BCUT2D eigenvalue weighted by Gasteiger charge is 2.65. The van der Waals surface area contributed by atoms with Crippen molar-refractivity contribution in [3.05, 3.63) is 47.5 Å². The van der Waals surface area contributed by atoms with Gasteiger partial charge in [0.05, 0.1) is 5.69 Å². The molecule has 0 saturated heterocycles. The van der Waals surface area contributed by atoms with Crippen molar-refractivity contribution in [2.45, 2.75) is 17.0 Å². The number of benzene rings is 2. The van der Waals surface area contributed by atoms with Crippen molar-refractivity contribution in [1.29, 1.82) is 0 Å². The second-order valence-corrected chi connectivity index (χ2v) is 6.47. The van der Waals surface area contributed by atoms with E-state index in [4.69, 9.17) is 21.1 Å². The van der Waals surface area contributed by atoms with Gasteiger partial charge in [0.15, 0.2) is 11.5 Å². The number of nitrogens with one attached hydrogen (secondary N) is 2. The fourth-order valence-electron chi connectivity index (χ4n) is 2.27. The van der Waals surface area contributed by atoms with Gasteiger partial charge in [0.1, 0.15) is 0 Å². The van der Waals surface area contributed by atoms with Gasteiger partial charge in [0.25, 0.3) is 0 Å². The van der Waals surface area contributed by atoms with Crippen LogP contribution in [0.15, 0.2) is 47.4 Å². The second kappa shape index (κ2) is 6.81. The number of carbonyl (C=O) groups is 1. The number of thioether (sulfide) groups is 1. The third kappa shape index (κ3) is 3.49. The van der Waals surface area contributed by atoms with Crippen molar-refractivity contribution in [2.24, 2.45) is 0 Å². The van der Waals surface area contributed by atoms with Gasteiger partial charge in [0.2, 0.25) is 0 Å². The number of ether oxygens (including phenoxy) is 2. The number of alkyl halides is 3. The van der Waals surface area contributed by atoms with E-state index in [1.165, 1.54) is 30.0 Å². The first-order chi connectivity index (χ1) is 12.2. The first-order valence-electron chi connectivity index (χ1n) is 7.20. The Morgan fingerprint density at radius 3 is 2.54 bits per heavy atom. The molecule has 1 heterocycles. The molecule has 1 atom stereocenters. The fourth-order valence-corrected chi connectivity index (χ4v) is 2.98. The van der Waals surface area contributed by atoms with Gasteiger partial charge in [-0.1, -0.05) is 23.7 Å². The number of carbonyl (C=O) groups excluding carboxylic acids is 1. The zero-order valence-electron chi connectivity index (χ0n) is 13.2. The maximum Gasteiger partial charge on any atom is 0.492 e. The molecule has 0 radical (unpaired) electrons. The maximum atomic E-state index is 13.6. The molecule has 1 aliphatic rings. The smallest absolute Gasteiger partial charge is 0.424 e. The Kier molecular flexibility index (Phi) is 4.85. The van der Waals surface area contributed by atoms with Gasteiger partial charge in [0, 0.05) is 16.0 Å². The predicted octanol–water partition coefficient (Wildman–Crippen LogP) is 4.87. The highest BCUT2D eigenvalue weighted by molar-refractivity contribution is 7.98. The number of rotatable bonds is 3. The van der Waals surface area contributed by atoms with Crippen LogP contribution in [0.2, 0.25) is 5.02 Å². The minimum absolute atomic E-state index is 0.170. The zero-order chi connectivity index (χ0) is 18.9. The van der Waals surface area contributed by atoms with Crippen LogP contribution < -0.4 is 20.1 Å². The molecule has 0 spiro atoms. The average Bonchev–Trinajstić information content (AvgIpc) is 2.93. The third-order valence-corrected chi connectivity index (χ3v) is 4.45. The lowest BCUT2D eigenvalue weighted by molar-refractivity contribution is -0.317. The van der Waals surface area contributed by atoms with Crippen LogP contribution in [0.4, 0.5) is 23.7 Å². The minimum atomic E-state index is -5.05. The molecule has 5 nitrogen and oxygen atoms in total. The van der Waals surface area contributed by atoms with Crippen molar-refractivity contribution in [3.8, 4) is 11.5 Å². The topological polar surface area (TPSA) is 59.6 Å². The fraction of sp³-hybridized carbons (Fsp3) is 0.188. The Hall–Kier alpha value is -2.26. The number of hydrogen-bond donors (Lipinski definition) is 2. The van der Waals surface area contributed by atoms with Gasteiger partial charge in [-0.25, -0.2) is 4.79 Å². The van der Waals surface area contributed by atoms with Gasteiger partial charge in [-0.05, 0) is 30.5 Å². The number of urea groups is 1. The van der Waals surface area contributed by atoms with Crippen molar-refractivity contribution < 1.29 is 27.4 Å². The Balaban J connectivity index is 1.84. The summed E-state index contributed by atoms with van der Waals surface area (Å²) < 4.78 is 50.6. The minimum Gasteiger partial charge on any atom is -0.424 e. The summed E-state index contributed by atoms with van der Waals surface area (Å²) in [6.45, 7) is 0. The summed E-state index contributed by atoms with van der Waals surface area (Å²) in [6.07, 6.45) is -3.27. The van der Waals surface area contributed by atoms with Gasteiger partial charge < -0.3 is 14.8 Å². The predicted molar refractivity (Wildman–Crippen MR) is 91.9 cm³/mol. The van der Waals surface area contributed by atoms with Crippen molar-refractivity contribution in [2.75, 3.05) is 11.6 Å². The lowest BCUT2D eigenvalue weighted by Gasteiger charge is -2.29. The number of halogens is 4. The lowest BCUT2D eigenvalue weighted by atomic mass is 10.3. The molecular weight excluding hydrogens is 393 g/mol. The van der Waals surface area contributed by atoms with Crippen LogP contribution in [0, 0.1) is 0 Å². The Labute approximate surface area is 155 Å². The van der Waals surface area contributed by atoms with E-state index in [1.807, 2.05) is 0 Å². The largest absolute Gasteiger partial charge is 0.492 e. The van der Waals surface area contributed by atoms with Gasteiger partial charge in [-0.3, -0.25) is 5.32 Å². The summed E-state index contributed by atoms with van der Waals surface area (Å²) in [7, 11) is 0. The van der Waals surface area contributed by atoms with Gasteiger partial charge in [-0.2, -0.15) is 13.2 Å². The first kappa shape index (κ1) is 18.5. The molecule has 0 unspecified atom stereocenters. The molecule has 2 amide bonds. The molecule has 10 heteroatoms. The molecule has 2 aromatic rings. The van der Waals surface area contributed by atoms with Crippen LogP contribution in [0.3, 0.4) is 0 Å². The van der Waals surface area contributed by atoms with E-state index in [-0.39, 0.29) is 16.5 Å². The zero-order valence-corrected chi connectivity index (χ0v) is 14.8. The standard InChI is InChI=1S/C16H12ClF3N2O3S/c1-26-13-5-3-2-4-10(13)21-14(23)22-16(15(18,19)20)24-11-7-6-9(17)8-12(11)25-16/h2-8H,1H3,(H2,21,22,23)/t16-/m0/s1. The second-order valence-electron chi connectivity index (χ2n) is 5.19. The molecular formula is C16H12ClF3N2O3S. The highest BCUT2D eigenvalue weighted by atomic mass is 35.5. The van der Waals surface area contributed by atoms with E-state index >= 15 is 0 Å². The molecule has 0 saturated carbocycles. The normalized spacial score (nSPS) is 18.5. The van der Waals surface area contributed by atoms with Crippen LogP contribution in [0.25, 0.3) is 0 Å². The summed E-state index contributed by atoms with van der Waals surface area (Å²) in [5.74, 6) is -3.76. The molecule has 1 aliphatic heterocycles. The number of para-hydroxylation sites is 1. The SMILES string of the molecule is CSc1ccccc1NC(=O)N[C@@]1(C(F)(F)F)Oc2ccc(Cl)cc2O1. The van der Waals surface area contributed by atoms with E-state index in [2.05, 4.69) is 5.32 Å². The summed E-state index contributed by atoms with van der Waals surface area (Å²) in [6, 6.07) is 9.30. The molecule has 138 valence electrons. The molecule has 26 heavy (non-hydrogen) atoms. The lowest BCUT2D eigenvalue weighted by Crippen LogP contribution is -2.65. The average molecular weight is 405 g/mol. The van der Waals surface area contributed by atoms with Crippen LogP contribution in [-0.2, 0) is 0 Å².